The Labute approximate surface area is 145 Å². The van der Waals surface area contributed by atoms with Gasteiger partial charge in [0.1, 0.15) is 5.60 Å². The van der Waals surface area contributed by atoms with E-state index in [1.54, 1.807) is 7.11 Å². The molecule has 6 heteroatoms. The molecule has 0 aromatic carbocycles. The quantitative estimate of drug-likeness (QED) is 0.779. The van der Waals surface area contributed by atoms with Crippen molar-refractivity contribution in [2.24, 2.45) is 0 Å². The molecule has 24 heavy (non-hydrogen) atoms. The van der Waals surface area contributed by atoms with E-state index >= 15 is 0 Å². The zero-order chi connectivity index (χ0) is 16.9. The first-order chi connectivity index (χ1) is 11.7. The van der Waals surface area contributed by atoms with E-state index in [0.717, 1.165) is 58.8 Å². The van der Waals surface area contributed by atoms with Gasteiger partial charge in [0.25, 0.3) is 5.91 Å². The van der Waals surface area contributed by atoms with Crippen molar-refractivity contribution in [3.05, 3.63) is 0 Å². The van der Waals surface area contributed by atoms with Crippen LogP contribution in [0.25, 0.3) is 0 Å². The van der Waals surface area contributed by atoms with Crippen molar-refractivity contribution in [1.82, 2.24) is 15.5 Å². The van der Waals surface area contributed by atoms with Gasteiger partial charge in [-0.2, -0.15) is 0 Å². The summed E-state index contributed by atoms with van der Waals surface area (Å²) in [6.07, 6.45) is 7.68. The van der Waals surface area contributed by atoms with Crippen molar-refractivity contribution >= 4 is 5.91 Å². The second-order valence-corrected chi connectivity index (χ2v) is 7.52. The first-order valence-corrected chi connectivity index (χ1v) is 9.58. The van der Waals surface area contributed by atoms with Crippen LogP contribution in [-0.2, 0) is 14.3 Å². The standard InChI is InChI=1S/C18H33N3O3/c1-23-18(7-9-19-10-8-18)16(22)20-15-17(5-3-2-4-6-17)21-11-13-24-14-12-21/h19H,2-15H2,1H3,(H,20,22). The van der Waals surface area contributed by atoms with Gasteiger partial charge in [-0.1, -0.05) is 19.3 Å². The molecule has 138 valence electrons. The minimum atomic E-state index is -0.647. The molecule has 3 rings (SSSR count). The summed E-state index contributed by atoms with van der Waals surface area (Å²) in [4.78, 5) is 15.5. The van der Waals surface area contributed by atoms with Gasteiger partial charge in [-0.3, -0.25) is 9.69 Å². The molecule has 0 aromatic heterocycles. The van der Waals surface area contributed by atoms with Crippen molar-refractivity contribution in [3.63, 3.8) is 0 Å². The van der Waals surface area contributed by atoms with E-state index in [1.165, 1.54) is 32.1 Å². The number of rotatable bonds is 5. The van der Waals surface area contributed by atoms with Gasteiger partial charge in [0.05, 0.1) is 13.2 Å². The molecular formula is C18H33N3O3. The number of nitrogens with zero attached hydrogens (tertiary/aromatic N) is 1. The number of piperidine rings is 1. The fourth-order valence-electron chi connectivity index (χ4n) is 4.61. The van der Waals surface area contributed by atoms with Crippen LogP contribution < -0.4 is 10.6 Å². The lowest BCUT2D eigenvalue weighted by atomic mass is 9.79. The van der Waals surface area contributed by atoms with Crippen LogP contribution in [0.1, 0.15) is 44.9 Å². The smallest absolute Gasteiger partial charge is 0.252 e. The molecule has 2 aliphatic heterocycles. The second-order valence-electron chi connectivity index (χ2n) is 7.52. The molecule has 6 nitrogen and oxygen atoms in total. The summed E-state index contributed by atoms with van der Waals surface area (Å²) in [5.74, 6) is 0.0738. The first-order valence-electron chi connectivity index (χ1n) is 9.58. The zero-order valence-corrected chi connectivity index (χ0v) is 15.1. The number of carbonyl (C=O) groups is 1. The highest BCUT2D eigenvalue weighted by Gasteiger charge is 2.43. The molecule has 2 saturated heterocycles. The molecular weight excluding hydrogens is 306 g/mol. The van der Waals surface area contributed by atoms with Crippen LogP contribution in [0.2, 0.25) is 0 Å². The van der Waals surface area contributed by atoms with E-state index in [0.29, 0.717) is 0 Å². The number of methoxy groups -OCH3 is 1. The van der Waals surface area contributed by atoms with Gasteiger partial charge in [0.15, 0.2) is 0 Å². The highest BCUT2D eigenvalue weighted by molar-refractivity contribution is 5.85. The Morgan fingerprint density at radius 3 is 2.42 bits per heavy atom. The lowest BCUT2D eigenvalue weighted by Crippen LogP contribution is -2.62. The number of hydrogen-bond donors (Lipinski definition) is 2. The van der Waals surface area contributed by atoms with Crippen molar-refractivity contribution < 1.29 is 14.3 Å². The van der Waals surface area contributed by atoms with E-state index in [9.17, 15) is 4.79 Å². The molecule has 0 spiro atoms. The summed E-state index contributed by atoms with van der Waals surface area (Å²) in [6.45, 7) is 6.01. The topological polar surface area (TPSA) is 62.8 Å². The average Bonchev–Trinajstić information content (AvgIpc) is 2.68. The van der Waals surface area contributed by atoms with Gasteiger partial charge in [-0.25, -0.2) is 0 Å². The van der Waals surface area contributed by atoms with Crippen molar-refractivity contribution in [1.29, 1.82) is 0 Å². The summed E-state index contributed by atoms with van der Waals surface area (Å²) < 4.78 is 11.2. The first kappa shape index (κ1) is 18.1. The predicted octanol–water partition coefficient (Wildman–Crippen LogP) is 0.906. The van der Waals surface area contributed by atoms with Gasteiger partial charge < -0.3 is 20.1 Å². The van der Waals surface area contributed by atoms with Gasteiger partial charge in [-0.05, 0) is 38.8 Å². The van der Waals surface area contributed by atoms with E-state index < -0.39 is 5.60 Å². The summed E-state index contributed by atoms with van der Waals surface area (Å²) in [5.41, 5.74) is -0.536. The van der Waals surface area contributed by atoms with Crippen molar-refractivity contribution in [3.8, 4) is 0 Å². The molecule has 1 amide bonds. The number of morpholine rings is 1. The molecule has 0 bridgehead atoms. The Morgan fingerprint density at radius 2 is 1.79 bits per heavy atom. The normalized spacial score (nSPS) is 27.5. The third-order valence-electron chi connectivity index (χ3n) is 6.26. The summed E-state index contributed by atoms with van der Waals surface area (Å²) in [6, 6.07) is 0. The molecule has 3 aliphatic rings. The van der Waals surface area contributed by atoms with E-state index in [4.69, 9.17) is 9.47 Å². The molecule has 0 aromatic rings. The van der Waals surface area contributed by atoms with E-state index in [2.05, 4.69) is 15.5 Å². The highest BCUT2D eigenvalue weighted by atomic mass is 16.5. The van der Waals surface area contributed by atoms with Crippen LogP contribution >= 0.6 is 0 Å². The molecule has 1 saturated carbocycles. The zero-order valence-electron chi connectivity index (χ0n) is 15.1. The minimum absolute atomic E-state index is 0.0738. The van der Waals surface area contributed by atoms with Gasteiger partial charge in [0.2, 0.25) is 0 Å². The van der Waals surface area contributed by atoms with Crippen LogP contribution in [0.15, 0.2) is 0 Å². The van der Waals surface area contributed by atoms with Gasteiger partial charge in [-0.15, -0.1) is 0 Å². The third kappa shape index (κ3) is 3.77. The molecule has 0 unspecified atom stereocenters. The lowest BCUT2D eigenvalue weighted by molar-refractivity contribution is -0.147. The third-order valence-corrected chi connectivity index (χ3v) is 6.26. The Bertz CT molecular complexity index is 412. The predicted molar refractivity (Wildman–Crippen MR) is 93.1 cm³/mol. The number of hydrogen-bond acceptors (Lipinski definition) is 5. The van der Waals surface area contributed by atoms with Crippen LogP contribution in [0.5, 0.6) is 0 Å². The van der Waals surface area contributed by atoms with Crippen LogP contribution in [0.4, 0.5) is 0 Å². The van der Waals surface area contributed by atoms with Crippen LogP contribution in [0.3, 0.4) is 0 Å². The monoisotopic (exact) mass is 339 g/mol. The van der Waals surface area contributed by atoms with Crippen molar-refractivity contribution in [2.45, 2.75) is 56.1 Å². The Morgan fingerprint density at radius 1 is 1.12 bits per heavy atom. The number of amides is 1. The summed E-state index contributed by atoms with van der Waals surface area (Å²) >= 11 is 0. The fraction of sp³-hybridized carbons (Fsp3) is 0.944. The number of nitrogens with one attached hydrogen (secondary N) is 2. The molecule has 2 heterocycles. The summed E-state index contributed by atoms with van der Waals surface area (Å²) in [5, 5.41) is 6.59. The maximum absolute atomic E-state index is 12.9. The SMILES string of the molecule is COC1(C(=O)NCC2(N3CCOCC3)CCCCC2)CCNCC1. The molecule has 3 fully saturated rings. The largest absolute Gasteiger partial charge is 0.379 e. The summed E-state index contributed by atoms with van der Waals surface area (Å²) in [7, 11) is 1.67. The van der Waals surface area contributed by atoms with E-state index in [1.807, 2.05) is 0 Å². The minimum Gasteiger partial charge on any atom is -0.379 e. The second kappa shape index (κ2) is 8.13. The van der Waals surface area contributed by atoms with Crippen LogP contribution in [-0.4, -0.2) is 75.0 Å². The van der Waals surface area contributed by atoms with Crippen molar-refractivity contribution in [2.75, 3.05) is 53.0 Å². The molecule has 0 radical (unpaired) electrons. The Balaban J connectivity index is 1.65. The number of ether oxygens (including phenoxy) is 2. The Hall–Kier alpha value is -0.690. The van der Waals surface area contributed by atoms with Crippen LogP contribution in [0, 0.1) is 0 Å². The maximum Gasteiger partial charge on any atom is 0.252 e. The maximum atomic E-state index is 12.9. The number of carbonyl (C=O) groups excluding carboxylic acids is 1. The van der Waals surface area contributed by atoms with Gasteiger partial charge >= 0.3 is 0 Å². The average molecular weight is 339 g/mol. The van der Waals surface area contributed by atoms with Gasteiger partial charge in [0, 0.05) is 32.3 Å². The molecule has 2 N–H and O–H groups in total. The highest BCUT2D eigenvalue weighted by Crippen LogP contribution is 2.34. The lowest BCUT2D eigenvalue weighted by Gasteiger charge is -2.48. The van der Waals surface area contributed by atoms with E-state index in [-0.39, 0.29) is 11.4 Å². The molecule has 0 atom stereocenters. The molecule has 1 aliphatic carbocycles. The fourth-order valence-corrected chi connectivity index (χ4v) is 4.61. The Kier molecular flexibility index (Phi) is 6.13.